The molecule has 0 aliphatic carbocycles. The molecule has 0 saturated carbocycles. The monoisotopic (exact) mass is 468 g/mol. The molecule has 4 rings (SSSR count). The highest BCUT2D eigenvalue weighted by atomic mass is 16.5. The van der Waals surface area contributed by atoms with Crippen LogP contribution < -0.4 is 24.8 Å². The number of hydrogen-bond acceptors (Lipinski definition) is 5. The van der Waals surface area contributed by atoms with Crippen molar-refractivity contribution >= 4 is 17.3 Å². The highest BCUT2D eigenvalue weighted by Crippen LogP contribution is 2.30. The zero-order valence-corrected chi connectivity index (χ0v) is 19.6. The smallest absolute Gasteiger partial charge is 0.224 e. The second-order valence-electron chi connectivity index (χ2n) is 7.81. The molecule has 6 heteroatoms. The first-order valence-electron chi connectivity index (χ1n) is 11.6. The lowest BCUT2D eigenvalue weighted by Crippen LogP contribution is -2.10. The Kier molecular flexibility index (Phi) is 8.22. The van der Waals surface area contributed by atoms with Crippen LogP contribution in [0.15, 0.2) is 103 Å². The van der Waals surface area contributed by atoms with Crippen LogP contribution in [0.2, 0.25) is 0 Å². The van der Waals surface area contributed by atoms with Gasteiger partial charge in [0.05, 0.1) is 0 Å². The largest absolute Gasteiger partial charge is 0.473 e. The Hall–Kier alpha value is -4.45. The minimum absolute atomic E-state index is 0.00834. The molecule has 0 spiro atoms. The van der Waals surface area contributed by atoms with Crippen LogP contribution in [0.4, 0.5) is 11.4 Å². The molecular formula is C29H28N2O4. The van der Waals surface area contributed by atoms with Crippen LogP contribution in [0.1, 0.15) is 19.8 Å². The average Bonchev–Trinajstić information content (AvgIpc) is 2.87. The summed E-state index contributed by atoms with van der Waals surface area (Å²) in [6.45, 7) is 2.32. The van der Waals surface area contributed by atoms with E-state index in [-0.39, 0.29) is 5.91 Å². The van der Waals surface area contributed by atoms with Gasteiger partial charge < -0.3 is 24.8 Å². The molecule has 0 atom stereocenters. The normalized spacial score (nSPS) is 10.3. The lowest BCUT2D eigenvalue weighted by atomic mass is 10.2. The molecule has 0 heterocycles. The Bertz CT molecular complexity index is 1230. The number of anilines is 2. The predicted octanol–water partition coefficient (Wildman–Crippen LogP) is 7.46. The highest BCUT2D eigenvalue weighted by molar-refractivity contribution is 5.90. The van der Waals surface area contributed by atoms with Gasteiger partial charge in [-0.3, -0.25) is 4.79 Å². The predicted molar refractivity (Wildman–Crippen MR) is 139 cm³/mol. The molecule has 0 aromatic heterocycles. The lowest BCUT2D eigenvalue weighted by molar-refractivity contribution is -0.116. The fraction of sp³-hybridized carbons (Fsp3) is 0.138. The third-order valence-corrected chi connectivity index (χ3v) is 4.98. The fourth-order valence-electron chi connectivity index (χ4n) is 3.32. The van der Waals surface area contributed by atoms with Crippen molar-refractivity contribution in [3.8, 4) is 28.7 Å². The van der Waals surface area contributed by atoms with E-state index in [1.165, 1.54) is 0 Å². The maximum absolute atomic E-state index is 11.7. The van der Waals surface area contributed by atoms with Gasteiger partial charge in [0, 0.05) is 29.9 Å². The Morgan fingerprint density at radius 2 is 1.29 bits per heavy atom. The third kappa shape index (κ3) is 7.54. The number of carbonyl (C=O) groups is 1. The van der Waals surface area contributed by atoms with Gasteiger partial charge in [-0.15, -0.1) is 0 Å². The second-order valence-corrected chi connectivity index (χ2v) is 7.81. The Morgan fingerprint density at radius 3 is 2.00 bits per heavy atom. The Balaban J connectivity index is 1.32. The summed E-state index contributed by atoms with van der Waals surface area (Å²) in [6, 6.07) is 32.0. The van der Waals surface area contributed by atoms with Gasteiger partial charge in [-0.25, -0.2) is 0 Å². The molecule has 0 fully saturated rings. The summed E-state index contributed by atoms with van der Waals surface area (Å²) < 4.78 is 17.7. The zero-order valence-electron chi connectivity index (χ0n) is 19.6. The average molecular weight is 469 g/mol. The maximum Gasteiger partial charge on any atom is 0.224 e. The van der Waals surface area contributed by atoms with Crippen molar-refractivity contribution in [2.45, 2.75) is 19.8 Å². The van der Waals surface area contributed by atoms with Crippen LogP contribution in [-0.2, 0) is 4.79 Å². The van der Waals surface area contributed by atoms with Crippen molar-refractivity contribution in [2.24, 2.45) is 0 Å². The number of para-hydroxylation sites is 1. The zero-order chi connectivity index (χ0) is 24.3. The van der Waals surface area contributed by atoms with Crippen LogP contribution >= 0.6 is 0 Å². The minimum atomic E-state index is 0.00834. The molecule has 0 aliphatic rings. The van der Waals surface area contributed by atoms with Crippen molar-refractivity contribution in [2.75, 3.05) is 17.4 Å². The minimum Gasteiger partial charge on any atom is -0.473 e. The lowest BCUT2D eigenvalue weighted by Gasteiger charge is -2.12. The number of ether oxygens (including phenoxy) is 3. The molecule has 6 nitrogen and oxygen atoms in total. The van der Waals surface area contributed by atoms with E-state index in [4.69, 9.17) is 14.2 Å². The first-order valence-corrected chi connectivity index (χ1v) is 11.6. The molecule has 0 aliphatic heterocycles. The van der Waals surface area contributed by atoms with E-state index >= 15 is 0 Å². The summed E-state index contributed by atoms with van der Waals surface area (Å²) in [7, 11) is 0. The second kappa shape index (κ2) is 12.1. The maximum atomic E-state index is 11.7. The van der Waals surface area contributed by atoms with E-state index in [1.54, 1.807) is 0 Å². The summed E-state index contributed by atoms with van der Waals surface area (Å²) in [5.41, 5.74) is 1.63. The van der Waals surface area contributed by atoms with E-state index in [9.17, 15) is 4.79 Å². The quantitative estimate of drug-likeness (QED) is 0.224. The number of benzene rings is 4. The summed E-state index contributed by atoms with van der Waals surface area (Å²) >= 11 is 0. The molecule has 35 heavy (non-hydrogen) atoms. The van der Waals surface area contributed by atoms with Crippen molar-refractivity contribution in [3.05, 3.63) is 103 Å². The highest BCUT2D eigenvalue weighted by Gasteiger charge is 2.05. The SMILES string of the molecule is CCCC(=O)Nc1ccc(Oc2cccc(Oc3cccc(NCOc4ccccc4)c3)c2)cc1. The third-order valence-electron chi connectivity index (χ3n) is 4.98. The van der Waals surface area contributed by atoms with E-state index in [0.29, 0.717) is 36.1 Å². The molecule has 0 unspecified atom stereocenters. The van der Waals surface area contributed by atoms with Crippen LogP contribution in [0.25, 0.3) is 0 Å². The first kappa shape index (κ1) is 23.7. The van der Waals surface area contributed by atoms with Crippen molar-refractivity contribution in [1.29, 1.82) is 0 Å². The summed E-state index contributed by atoms with van der Waals surface area (Å²) in [5, 5.41) is 6.10. The Morgan fingerprint density at radius 1 is 0.657 bits per heavy atom. The van der Waals surface area contributed by atoms with E-state index in [1.807, 2.05) is 110 Å². The van der Waals surface area contributed by atoms with Crippen LogP contribution in [0.3, 0.4) is 0 Å². The number of amides is 1. The summed E-state index contributed by atoms with van der Waals surface area (Å²) in [6.07, 6.45) is 1.32. The fourth-order valence-corrected chi connectivity index (χ4v) is 3.32. The first-order chi connectivity index (χ1) is 17.2. The van der Waals surface area contributed by atoms with Crippen LogP contribution in [0.5, 0.6) is 28.7 Å². The van der Waals surface area contributed by atoms with Gasteiger partial charge >= 0.3 is 0 Å². The van der Waals surface area contributed by atoms with Gasteiger partial charge in [0.2, 0.25) is 5.91 Å². The van der Waals surface area contributed by atoms with Crippen LogP contribution in [-0.4, -0.2) is 12.6 Å². The van der Waals surface area contributed by atoms with Gasteiger partial charge in [0.1, 0.15) is 28.7 Å². The van der Waals surface area contributed by atoms with E-state index in [2.05, 4.69) is 10.6 Å². The van der Waals surface area contributed by atoms with E-state index in [0.717, 1.165) is 23.5 Å². The molecule has 0 radical (unpaired) electrons. The topological polar surface area (TPSA) is 68.8 Å². The molecule has 2 N–H and O–H groups in total. The van der Waals surface area contributed by atoms with Crippen molar-refractivity contribution < 1.29 is 19.0 Å². The number of nitrogens with one attached hydrogen (secondary N) is 2. The van der Waals surface area contributed by atoms with Crippen molar-refractivity contribution in [3.63, 3.8) is 0 Å². The molecule has 4 aromatic carbocycles. The number of rotatable bonds is 11. The molecule has 178 valence electrons. The van der Waals surface area contributed by atoms with Crippen molar-refractivity contribution in [1.82, 2.24) is 0 Å². The molecule has 4 aromatic rings. The number of hydrogen-bond donors (Lipinski definition) is 2. The molecule has 0 saturated heterocycles. The number of carbonyl (C=O) groups excluding carboxylic acids is 1. The standard InChI is InChI=1S/C29H28N2O4/c1-2-8-29(32)31-22-15-17-25(18-16-22)34-27-13-7-14-28(20-27)35-26-12-6-9-23(19-26)30-21-33-24-10-4-3-5-11-24/h3-7,9-20,30H,2,8,21H2,1H3,(H,31,32). The van der Waals surface area contributed by atoms with Gasteiger partial charge in [-0.2, -0.15) is 0 Å². The van der Waals surface area contributed by atoms with Gasteiger partial charge in [-0.05, 0) is 67.1 Å². The van der Waals surface area contributed by atoms with Gasteiger partial charge in [0.15, 0.2) is 6.73 Å². The summed E-state index contributed by atoms with van der Waals surface area (Å²) in [4.78, 5) is 11.7. The molecule has 1 amide bonds. The van der Waals surface area contributed by atoms with Gasteiger partial charge in [0.25, 0.3) is 0 Å². The molecular weight excluding hydrogens is 440 g/mol. The van der Waals surface area contributed by atoms with Crippen LogP contribution in [0, 0.1) is 0 Å². The van der Waals surface area contributed by atoms with Gasteiger partial charge in [-0.1, -0.05) is 37.3 Å². The van der Waals surface area contributed by atoms with E-state index < -0.39 is 0 Å². The summed E-state index contributed by atoms with van der Waals surface area (Å²) in [5.74, 6) is 3.48. The Labute approximate surface area is 205 Å². The molecule has 0 bridgehead atoms.